The molecule has 0 aliphatic carbocycles. The number of rotatable bonds is 8. The maximum atomic E-state index is 13.5. The summed E-state index contributed by atoms with van der Waals surface area (Å²) in [5.41, 5.74) is 4.21. The van der Waals surface area contributed by atoms with Gasteiger partial charge in [0.15, 0.2) is 12.1 Å². The molecule has 8 nitrogen and oxygen atoms in total. The van der Waals surface area contributed by atoms with Gasteiger partial charge in [-0.1, -0.05) is 66.2 Å². The molecule has 1 aliphatic rings. The molecule has 0 unspecified atom stereocenters. The van der Waals surface area contributed by atoms with Crippen molar-refractivity contribution < 1.29 is 19.1 Å². The van der Waals surface area contributed by atoms with Crippen molar-refractivity contribution in [1.29, 1.82) is 0 Å². The van der Waals surface area contributed by atoms with Gasteiger partial charge >= 0.3 is 6.09 Å². The van der Waals surface area contributed by atoms with E-state index in [-0.39, 0.29) is 24.9 Å². The molecule has 1 aliphatic heterocycles. The predicted octanol–water partition coefficient (Wildman–Crippen LogP) is 5.02. The molecular formula is C31H28N4O4. The van der Waals surface area contributed by atoms with Crippen molar-refractivity contribution in [2.75, 3.05) is 5.32 Å². The first kappa shape index (κ1) is 25.7. The zero-order valence-electron chi connectivity index (χ0n) is 21.4. The Balaban J connectivity index is 1.40. The molecule has 1 fully saturated rings. The number of nitrogens with zero attached hydrogens (tertiary/aromatic N) is 2. The van der Waals surface area contributed by atoms with E-state index in [0.29, 0.717) is 22.5 Å². The highest BCUT2D eigenvalue weighted by Gasteiger charge is 2.47. The van der Waals surface area contributed by atoms with Gasteiger partial charge in [-0.2, -0.15) is 0 Å². The number of benzene rings is 3. The summed E-state index contributed by atoms with van der Waals surface area (Å²) in [6.07, 6.45) is 0.196. The highest BCUT2D eigenvalue weighted by Crippen LogP contribution is 2.35. The van der Waals surface area contributed by atoms with Gasteiger partial charge in [0.1, 0.15) is 0 Å². The topological polar surface area (TPSA) is 101 Å². The van der Waals surface area contributed by atoms with Crippen LogP contribution in [0.25, 0.3) is 0 Å². The van der Waals surface area contributed by atoms with Crippen molar-refractivity contribution >= 4 is 23.6 Å². The van der Waals surface area contributed by atoms with E-state index in [9.17, 15) is 14.4 Å². The monoisotopic (exact) mass is 520 g/mol. The van der Waals surface area contributed by atoms with Gasteiger partial charge in [0.05, 0.1) is 18.8 Å². The Morgan fingerprint density at radius 1 is 0.923 bits per heavy atom. The summed E-state index contributed by atoms with van der Waals surface area (Å²) in [4.78, 5) is 45.1. The number of hydrogen-bond acceptors (Lipinski definition) is 5. The van der Waals surface area contributed by atoms with Gasteiger partial charge in [-0.3, -0.25) is 19.5 Å². The highest BCUT2D eigenvalue weighted by molar-refractivity contribution is 6.04. The second-order valence-electron chi connectivity index (χ2n) is 9.35. The number of ether oxygens (including phenoxy) is 1. The fourth-order valence-electron chi connectivity index (χ4n) is 4.56. The number of amides is 3. The lowest BCUT2D eigenvalue weighted by molar-refractivity contribution is -0.126. The normalized spacial score (nSPS) is 16.4. The number of hydrogen-bond donors (Lipinski definition) is 2. The molecule has 8 heteroatoms. The standard InChI is InChI=1S/C31H28N4O4/c1-21-9-7-13-24(17-21)29(36)34-25-15-8-12-23(18-25)28-27(30(37)33-19-26-14-5-6-16-32-26)35(31(38)39-28)20-22-10-3-2-4-11-22/h2-18,27-28H,19-20H2,1H3,(H,33,37)(H,34,36)/t27-,28+/m1/s1. The van der Waals surface area contributed by atoms with Gasteiger partial charge in [-0.25, -0.2) is 4.79 Å². The first-order chi connectivity index (χ1) is 19.0. The van der Waals surface area contributed by atoms with Crippen LogP contribution < -0.4 is 10.6 Å². The number of pyridine rings is 1. The molecule has 0 radical (unpaired) electrons. The van der Waals surface area contributed by atoms with Crippen LogP contribution in [0.3, 0.4) is 0 Å². The third-order valence-corrected chi connectivity index (χ3v) is 6.47. The molecule has 2 atom stereocenters. The Morgan fingerprint density at radius 2 is 1.72 bits per heavy atom. The van der Waals surface area contributed by atoms with E-state index < -0.39 is 18.2 Å². The minimum atomic E-state index is -0.927. The maximum absolute atomic E-state index is 13.5. The fraction of sp³-hybridized carbons (Fsp3) is 0.161. The highest BCUT2D eigenvalue weighted by atomic mass is 16.6. The smallest absolute Gasteiger partial charge is 0.411 e. The van der Waals surface area contributed by atoms with Crippen LogP contribution in [0.15, 0.2) is 103 Å². The van der Waals surface area contributed by atoms with Crippen molar-refractivity contribution in [1.82, 2.24) is 15.2 Å². The number of nitrogens with one attached hydrogen (secondary N) is 2. The maximum Gasteiger partial charge on any atom is 0.411 e. The van der Waals surface area contributed by atoms with Crippen molar-refractivity contribution in [2.24, 2.45) is 0 Å². The Morgan fingerprint density at radius 3 is 2.49 bits per heavy atom. The molecule has 5 rings (SSSR count). The molecule has 1 aromatic heterocycles. The number of carbonyl (C=O) groups excluding carboxylic acids is 3. The first-order valence-electron chi connectivity index (χ1n) is 12.6. The van der Waals surface area contributed by atoms with Crippen LogP contribution in [0.1, 0.15) is 38.8 Å². The van der Waals surface area contributed by atoms with Crippen LogP contribution in [0.5, 0.6) is 0 Å². The zero-order chi connectivity index (χ0) is 27.2. The summed E-state index contributed by atoms with van der Waals surface area (Å²) >= 11 is 0. The Hall–Kier alpha value is -4.98. The summed E-state index contributed by atoms with van der Waals surface area (Å²) in [6, 6.07) is 28.3. The summed E-state index contributed by atoms with van der Waals surface area (Å²) in [6.45, 7) is 2.34. The van der Waals surface area contributed by atoms with Crippen molar-refractivity contribution in [2.45, 2.75) is 32.2 Å². The van der Waals surface area contributed by atoms with Crippen LogP contribution in [-0.2, 0) is 22.6 Å². The molecular weight excluding hydrogens is 492 g/mol. The number of cyclic esters (lactones) is 1. The number of aromatic nitrogens is 1. The van der Waals surface area contributed by atoms with E-state index in [1.54, 1.807) is 48.7 Å². The van der Waals surface area contributed by atoms with E-state index in [1.165, 1.54) is 4.90 Å². The van der Waals surface area contributed by atoms with E-state index in [1.807, 2.05) is 61.5 Å². The average molecular weight is 521 g/mol. The lowest BCUT2D eigenvalue weighted by Crippen LogP contribution is -2.46. The molecule has 2 heterocycles. The molecule has 0 saturated carbocycles. The largest absolute Gasteiger partial charge is 0.438 e. The minimum absolute atomic E-state index is 0.210. The van der Waals surface area contributed by atoms with Crippen molar-refractivity contribution in [3.8, 4) is 0 Å². The number of anilines is 1. The molecule has 1 saturated heterocycles. The number of aryl methyl sites for hydroxylation is 1. The van der Waals surface area contributed by atoms with Gasteiger partial charge in [-0.05, 0) is 54.4 Å². The van der Waals surface area contributed by atoms with Crippen LogP contribution in [0, 0.1) is 6.92 Å². The van der Waals surface area contributed by atoms with Crippen LogP contribution in [0.2, 0.25) is 0 Å². The second-order valence-corrected chi connectivity index (χ2v) is 9.35. The molecule has 39 heavy (non-hydrogen) atoms. The van der Waals surface area contributed by atoms with Crippen molar-refractivity contribution in [3.63, 3.8) is 0 Å². The summed E-state index contributed by atoms with van der Waals surface area (Å²) in [5.74, 6) is -0.615. The second kappa shape index (κ2) is 11.6. The van der Waals surface area contributed by atoms with E-state index in [4.69, 9.17) is 4.74 Å². The Kier molecular flexibility index (Phi) is 7.63. The number of carbonyl (C=O) groups is 3. The van der Waals surface area contributed by atoms with Gasteiger partial charge in [0.25, 0.3) is 5.91 Å². The summed E-state index contributed by atoms with van der Waals surface area (Å²) in [7, 11) is 0. The molecule has 4 aromatic rings. The van der Waals surface area contributed by atoms with Gasteiger partial charge < -0.3 is 15.4 Å². The fourth-order valence-corrected chi connectivity index (χ4v) is 4.56. The van der Waals surface area contributed by atoms with Crippen LogP contribution in [-0.4, -0.2) is 33.8 Å². The quantitative estimate of drug-likeness (QED) is 0.340. The lowest BCUT2D eigenvalue weighted by Gasteiger charge is -2.24. The molecule has 2 N–H and O–H groups in total. The van der Waals surface area contributed by atoms with E-state index in [0.717, 1.165) is 11.1 Å². The van der Waals surface area contributed by atoms with Crippen LogP contribution in [0.4, 0.5) is 10.5 Å². The molecule has 3 amide bonds. The molecule has 196 valence electrons. The third-order valence-electron chi connectivity index (χ3n) is 6.47. The van der Waals surface area contributed by atoms with Crippen molar-refractivity contribution in [3.05, 3.63) is 131 Å². The van der Waals surface area contributed by atoms with Gasteiger partial charge in [0, 0.05) is 17.4 Å². The lowest BCUT2D eigenvalue weighted by atomic mass is 10.00. The molecule has 3 aromatic carbocycles. The molecule has 0 spiro atoms. The van der Waals surface area contributed by atoms with E-state index in [2.05, 4.69) is 15.6 Å². The molecule has 0 bridgehead atoms. The van der Waals surface area contributed by atoms with E-state index >= 15 is 0 Å². The third kappa shape index (κ3) is 6.13. The minimum Gasteiger partial charge on any atom is -0.438 e. The van der Waals surface area contributed by atoms with Gasteiger partial charge in [0.2, 0.25) is 5.91 Å². The Bertz CT molecular complexity index is 1480. The summed E-state index contributed by atoms with van der Waals surface area (Å²) < 4.78 is 5.78. The predicted molar refractivity (Wildman–Crippen MR) is 147 cm³/mol. The first-order valence-corrected chi connectivity index (χ1v) is 12.6. The Labute approximate surface area is 226 Å². The average Bonchev–Trinajstić information content (AvgIpc) is 3.28. The zero-order valence-corrected chi connectivity index (χ0v) is 21.4. The SMILES string of the molecule is Cc1cccc(C(=O)Nc2cccc([C@@H]3OC(=O)N(Cc4ccccc4)[C@H]3C(=O)NCc3ccccn3)c2)c1. The van der Waals surface area contributed by atoms with Crippen LogP contribution >= 0.6 is 0 Å². The van der Waals surface area contributed by atoms with Gasteiger partial charge in [-0.15, -0.1) is 0 Å². The summed E-state index contributed by atoms with van der Waals surface area (Å²) in [5, 5.41) is 5.81.